The van der Waals surface area contributed by atoms with Crippen LogP contribution in [0.15, 0.2) is 34.9 Å². The lowest BCUT2D eigenvalue weighted by atomic mass is 9.47. The molecule has 0 radical (unpaired) electrons. The van der Waals surface area contributed by atoms with Gasteiger partial charge >= 0.3 is 5.97 Å². The standard InChI is InChI=1S/C27H32N2O4/c1-4-32-26(31)22-15(3)33-25(29)20(13-28)23(22)19-5-14(2)6-21(24(19)30)27-10-16-7-17(11-27)9-18(8-16)12-27/h5-6,16-18,23,30H,4,7-12,29H2,1-3H3. The van der Waals surface area contributed by atoms with Crippen LogP contribution >= 0.6 is 0 Å². The molecule has 4 fully saturated rings. The molecule has 6 heteroatoms. The number of rotatable bonds is 4. The average molecular weight is 449 g/mol. The second-order valence-corrected chi connectivity index (χ2v) is 10.6. The monoisotopic (exact) mass is 448 g/mol. The molecular weight excluding hydrogens is 416 g/mol. The van der Waals surface area contributed by atoms with Gasteiger partial charge in [-0.25, -0.2) is 4.79 Å². The van der Waals surface area contributed by atoms with Crippen molar-refractivity contribution in [3.8, 4) is 11.8 Å². The zero-order valence-electron chi connectivity index (χ0n) is 19.6. The van der Waals surface area contributed by atoms with Crippen LogP contribution in [0.3, 0.4) is 0 Å². The van der Waals surface area contributed by atoms with Crippen molar-refractivity contribution < 1.29 is 19.4 Å². The summed E-state index contributed by atoms with van der Waals surface area (Å²) in [6.07, 6.45) is 7.24. The lowest BCUT2D eigenvalue weighted by Gasteiger charge is -2.57. The lowest BCUT2D eigenvalue weighted by molar-refractivity contribution is -0.139. The van der Waals surface area contributed by atoms with E-state index in [4.69, 9.17) is 15.2 Å². The summed E-state index contributed by atoms with van der Waals surface area (Å²) in [5.41, 5.74) is 8.90. The Morgan fingerprint density at radius 3 is 2.36 bits per heavy atom. The zero-order valence-corrected chi connectivity index (χ0v) is 19.6. The van der Waals surface area contributed by atoms with Crippen LogP contribution < -0.4 is 5.73 Å². The minimum Gasteiger partial charge on any atom is -0.507 e. The maximum atomic E-state index is 12.9. The summed E-state index contributed by atoms with van der Waals surface area (Å²) in [6.45, 7) is 5.58. The minimum absolute atomic E-state index is 0.0321. The van der Waals surface area contributed by atoms with Crippen molar-refractivity contribution in [3.63, 3.8) is 0 Å². The van der Waals surface area contributed by atoms with Crippen molar-refractivity contribution in [1.29, 1.82) is 5.26 Å². The van der Waals surface area contributed by atoms with Gasteiger partial charge in [0.2, 0.25) is 5.88 Å². The van der Waals surface area contributed by atoms with Crippen molar-refractivity contribution in [2.75, 3.05) is 6.61 Å². The number of ether oxygens (including phenoxy) is 2. The number of carbonyl (C=O) groups excluding carboxylic acids is 1. The fourth-order valence-electron chi connectivity index (χ4n) is 7.54. The van der Waals surface area contributed by atoms with E-state index in [1.54, 1.807) is 13.8 Å². The Balaban J connectivity index is 1.67. The number of esters is 1. The van der Waals surface area contributed by atoms with E-state index in [1.807, 2.05) is 13.0 Å². The second kappa shape index (κ2) is 7.83. The van der Waals surface area contributed by atoms with Crippen molar-refractivity contribution in [2.24, 2.45) is 23.5 Å². The largest absolute Gasteiger partial charge is 0.507 e. The highest BCUT2D eigenvalue weighted by Gasteiger charge is 2.53. The summed E-state index contributed by atoms with van der Waals surface area (Å²) in [7, 11) is 0. The number of carbonyl (C=O) groups is 1. The van der Waals surface area contributed by atoms with Crippen LogP contribution in [0.2, 0.25) is 0 Å². The molecule has 0 saturated heterocycles. The summed E-state index contributed by atoms with van der Waals surface area (Å²) in [5.74, 6) is 1.25. The normalized spacial score (nSPS) is 32.5. The molecule has 4 saturated carbocycles. The van der Waals surface area contributed by atoms with Crippen molar-refractivity contribution >= 4 is 5.97 Å². The average Bonchev–Trinajstić information content (AvgIpc) is 2.73. The molecule has 0 amide bonds. The molecule has 1 heterocycles. The lowest BCUT2D eigenvalue weighted by Crippen LogP contribution is -2.48. The molecular formula is C27H32N2O4. The molecule has 1 aromatic rings. The first kappa shape index (κ1) is 21.9. The van der Waals surface area contributed by atoms with E-state index in [2.05, 4.69) is 12.1 Å². The summed E-state index contributed by atoms with van der Waals surface area (Å²) < 4.78 is 10.9. The number of nitrogens with zero attached hydrogens (tertiary/aromatic N) is 1. The van der Waals surface area contributed by atoms with Gasteiger partial charge in [0, 0.05) is 11.1 Å². The maximum Gasteiger partial charge on any atom is 0.338 e. The van der Waals surface area contributed by atoms with E-state index >= 15 is 0 Å². The van der Waals surface area contributed by atoms with Crippen LogP contribution in [0.1, 0.15) is 75.0 Å². The molecule has 0 aromatic heterocycles. The first-order chi connectivity index (χ1) is 15.8. The van der Waals surface area contributed by atoms with E-state index < -0.39 is 11.9 Å². The first-order valence-electron chi connectivity index (χ1n) is 12.1. The molecule has 5 aliphatic rings. The molecule has 6 nitrogen and oxygen atoms in total. The zero-order chi connectivity index (χ0) is 23.5. The molecule has 0 spiro atoms. The predicted octanol–water partition coefficient (Wildman–Crippen LogP) is 4.81. The van der Waals surface area contributed by atoms with Gasteiger partial charge in [-0.2, -0.15) is 5.26 Å². The van der Waals surface area contributed by atoms with Gasteiger partial charge in [-0.05, 0) is 82.5 Å². The van der Waals surface area contributed by atoms with Gasteiger partial charge in [-0.1, -0.05) is 17.7 Å². The van der Waals surface area contributed by atoms with Gasteiger partial charge in [0.25, 0.3) is 0 Å². The number of hydrogen-bond acceptors (Lipinski definition) is 6. The number of allylic oxidation sites excluding steroid dienone is 2. The number of hydrogen-bond donors (Lipinski definition) is 2. The highest BCUT2D eigenvalue weighted by molar-refractivity contribution is 5.93. The van der Waals surface area contributed by atoms with Gasteiger partial charge in [-0.3, -0.25) is 0 Å². The number of aryl methyl sites for hydroxylation is 1. The Hall–Kier alpha value is -2.94. The molecule has 3 N–H and O–H groups in total. The quantitative estimate of drug-likeness (QED) is 0.640. The van der Waals surface area contributed by atoms with Crippen molar-refractivity contribution in [1.82, 2.24) is 0 Å². The van der Waals surface area contributed by atoms with E-state index in [0.717, 1.165) is 48.1 Å². The Morgan fingerprint density at radius 2 is 1.82 bits per heavy atom. The molecule has 1 atom stereocenters. The molecule has 6 rings (SSSR count). The van der Waals surface area contributed by atoms with Crippen molar-refractivity contribution in [3.05, 3.63) is 51.6 Å². The van der Waals surface area contributed by atoms with Gasteiger partial charge in [0.1, 0.15) is 23.2 Å². The Bertz CT molecular complexity index is 1090. The van der Waals surface area contributed by atoms with Crippen LogP contribution in [-0.4, -0.2) is 17.7 Å². The predicted molar refractivity (Wildman–Crippen MR) is 123 cm³/mol. The van der Waals surface area contributed by atoms with E-state index in [0.29, 0.717) is 11.3 Å². The highest BCUT2D eigenvalue weighted by Crippen LogP contribution is 2.62. The Kier molecular flexibility index (Phi) is 5.19. The van der Waals surface area contributed by atoms with Gasteiger partial charge in [0.05, 0.1) is 18.1 Å². The topological polar surface area (TPSA) is 106 Å². The van der Waals surface area contributed by atoms with Crippen LogP contribution in [0.4, 0.5) is 0 Å². The van der Waals surface area contributed by atoms with Crippen LogP contribution in [0.5, 0.6) is 5.75 Å². The third kappa shape index (κ3) is 3.40. The maximum absolute atomic E-state index is 12.9. The number of phenolic OH excluding ortho intramolecular Hbond substituents is 1. The summed E-state index contributed by atoms with van der Waals surface area (Å²) >= 11 is 0. The van der Waals surface area contributed by atoms with E-state index in [-0.39, 0.29) is 34.8 Å². The number of nitriles is 1. The third-order valence-corrected chi connectivity index (χ3v) is 8.31. The Morgan fingerprint density at radius 1 is 1.21 bits per heavy atom. The molecule has 33 heavy (non-hydrogen) atoms. The minimum atomic E-state index is -0.824. The first-order valence-corrected chi connectivity index (χ1v) is 12.1. The smallest absolute Gasteiger partial charge is 0.338 e. The second-order valence-electron chi connectivity index (χ2n) is 10.6. The van der Waals surface area contributed by atoms with Crippen molar-refractivity contribution in [2.45, 2.75) is 70.6 Å². The number of aromatic hydroxyl groups is 1. The molecule has 4 bridgehead atoms. The molecule has 4 aliphatic carbocycles. The van der Waals surface area contributed by atoms with Crippen LogP contribution in [0, 0.1) is 36.0 Å². The van der Waals surface area contributed by atoms with Crippen LogP contribution in [0.25, 0.3) is 0 Å². The van der Waals surface area contributed by atoms with Crippen LogP contribution in [-0.2, 0) is 19.7 Å². The summed E-state index contributed by atoms with van der Waals surface area (Å²) in [6, 6.07) is 6.11. The SMILES string of the molecule is CCOC(=O)C1=C(C)OC(N)=C(C#N)C1c1cc(C)cc(C23CC4CC(CC(C4)C2)C3)c1O. The van der Waals surface area contributed by atoms with E-state index in [9.17, 15) is 15.2 Å². The fraction of sp³-hybridized carbons (Fsp3) is 0.556. The molecule has 1 aliphatic heterocycles. The number of nitrogens with two attached hydrogens (primary N) is 1. The number of benzene rings is 1. The molecule has 1 unspecified atom stereocenters. The highest BCUT2D eigenvalue weighted by atomic mass is 16.5. The number of phenols is 1. The molecule has 174 valence electrons. The van der Waals surface area contributed by atoms with Gasteiger partial charge < -0.3 is 20.3 Å². The fourth-order valence-corrected chi connectivity index (χ4v) is 7.54. The Labute approximate surface area is 195 Å². The molecule has 1 aromatic carbocycles. The van der Waals surface area contributed by atoms with Gasteiger partial charge in [-0.15, -0.1) is 0 Å². The summed E-state index contributed by atoms with van der Waals surface area (Å²) in [5, 5.41) is 21.7. The summed E-state index contributed by atoms with van der Waals surface area (Å²) in [4.78, 5) is 12.9. The van der Waals surface area contributed by atoms with Gasteiger partial charge in [0.15, 0.2) is 0 Å². The third-order valence-electron chi connectivity index (χ3n) is 8.31. The van der Waals surface area contributed by atoms with E-state index in [1.165, 1.54) is 19.3 Å².